The zero-order chi connectivity index (χ0) is 13.4. The number of methoxy groups -OCH3 is 1. The number of hydrogen-bond donors (Lipinski definition) is 1. The zero-order valence-electron chi connectivity index (χ0n) is 10.8. The highest BCUT2D eigenvalue weighted by molar-refractivity contribution is 7.09. The molecule has 0 radical (unpaired) electrons. The van der Waals surface area contributed by atoms with Gasteiger partial charge in [-0.3, -0.25) is 0 Å². The van der Waals surface area contributed by atoms with Crippen molar-refractivity contribution < 1.29 is 14.6 Å². The molecule has 2 heterocycles. The van der Waals surface area contributed by atoms with E-state index in [1.165, 1.54) is 0 Å². The molecule has 0 saturated heterocycles. The van der Waals surface area contributed by atoms with E-state index in [2.05, 4.69) is 4.98 Å². The van der Waals surface area contributed by atoms with E-state index in [9.17, 15) is 5.11 Å². The molecule has 0 bridgehead atoms. The fourth-order valence-corrected chi connectivity index (χ4v) is 3.06. The molecular weight excluding hydrogens is 262 g/mol. The van der Waals surface area contributed by atoms with Crippen LogP contribution in [0, 0.1) is 6.92 Å². The van der Waals surface area contributed by atoms with Crippen LogP contribution in [-0.4, -0.2) is 17.2 Å². The SMILES string of the molecule is COc1ccc2c(c1)OC(c1nc(C)cs1)C[C@H]2O. The summed E-state index contributed by atoms with van der Waals surface area (Å²) in [5.41, 5.74) is 1.79. The third-order valence-corrected chi connectivity index (χ3v) is 4.25. The lowest BCUT2D eigenvalue weighted by Crippen LogP contribution is -2.19. The van der Waals surface area contributed by atoms with Gasteiger partial charge in [-0.05, 0) is 19.1 Å². The van der Waals surface area contributed by atoms with Crippen LogP contribution in [0.2, 0.25) is 0 Å². The molecular formula is C14H15NO3S. The number of thiazole rings is 1. The quantitative estimate of drug-likeness (QED) is 0.916. The molecule has 2 aromatic rings. The fourth-order valence-electron chi connectivity index (χ4n) is 2.22. The molecule has 2 atom stereocenters. The number of benzene rings is 1. The molecule has 1 aromatic heterocycles. The van der Waals surface area contributed by atoms with E-state index in [-0.39, 0.29) is 6.10 Å². The van der Waals surface area contributed by atoms with Crippen LogP contribution in [-0.2, 0) is 0 Å². The van der Waals surface area contributed by atoms with Gasteiger partial charge in [0.1, 0.15) is 16.5 Å². The highest BCUT2D eigenvalue weighted by Crippen LogP contribution is 2.42. The summed E-state index contributed by atoms with van der Waals surface area (Å²) >= 11 is 1.56. The van der Waals surface area contributed by atoms with Crippen molar-refractivity contribution in [3.05, 3.63) is 39.8 Å². The maximum Gasteiger partial charge on any atom is 0.153 e. The van der Waals surface area contributed by atoms with E-state index >= 15 is 0 Å². The Labute approximate surface area is 115 Å². The number of hydrogen-bond acceptors (Lipinski definition) is 5. The lowest BCUT2D eigenvalue weighted by Gasteiger charge is -2.28. The van der Waals surface area contributed by atoms with Crippen LogP contribution in [0.4, 0.5) is 0 Å². The first kappa shape index (κ1) is 12.4. The van der Waals surface area contributed by atoms with Gasteiger partial charge in [-0.2, -0.15) is 0 Å². The molecule has 5 heteroatoms. The summed E-state index contributed by atoms with van der Waals surface area (Å²) < 4.78 is 11.1. The molecule has 0 saturated carbocycles. The van der Waals surface area contributed by atoms with E-state index in [0.29, 0.717) is 12.2 Å². The Kier molecular flexibility index (Phi) is 3.16. The summed E-state index contributed by atoms with van der Waals surface area (Å²) in [5.74, 6) is 1.40. The van der Waals surface area contributed by atoms with Crippen molar-refractivity contribution in [2.75, 3.05) is 7.11 Å². The number of fused-ring (bicyclic) bond motifs is 1. The van der Waals surface area contributed by atoms with Crippen LogP contribution in [0.25, 0.3) is 0 Å². The largest absolute Gasteiger partial charge is 0.497 e. The lowest BCUT2D eigenvalue weighted by atomic mass is 9.99. The minimum Gasteiger partial charge on any atom is -0.497 e. The molecule has 4 nitrogen and oxygen atoms in total. The van der Waals surface area contributed by atoms with Gasteiger partial charge in [0.2, 0.25) is 0 Å². The van der Waals surface area contributed by atoms with Gasteiger partial charge in [0.05, 0.1) is 13.2 Å². The summed E-state index contributed by atoms with van der Waals surface area (Å²) in [5, 5.41) is 13.1. The smallest absolute Gasteiger partial charge is 0.153 e. The summed E-state index contributed by atoms with van der Waals surface area (Å²) in [7, 11) is 1.61. The van der Waals surface area contributed by atoms with Crippen molar-refractivity contribution in [2.24, 2.45) is 0 Å². The standard InChI is InChI=1S/C14H15NO3S/c1-8-7-19-14(15-8)13-6-11(16)10-4-3-9(17-2)5-12(10)18-13/h3-5,7,11,13,16H,6H2,1-2H3/t11-,13?/m1/s1. The molecule has 1 aliphatic heterocycles. The Morgan fingerprint density at radius 2 is 2.32 bits per heavy atom. The van der Waals surface area contributed by atoms with Gasteiger partial charge < -0.3 is 14.6 Å². The topological polar surface area (TPSA) is 51.6 Å². The Bertz CT molecular complexity index is 596. The zero-order valence-corrected chi connectivity index (χ0v) is 11.6. The van der Waals surface area contributed by atoms with Gasteiger partial charge in [-0.15, -0.1) is 11.3 Å². The van der Waals surface area contributed by atoms with Crippen molar-refractivity contribution in [1.82, 2.24) is 4.98 Å². The predicted octanol–water partition coefficient (Wildman–Crippen LogP) is 3.02. The Balaban J connectivity index is 1.93. The minimum absolute atomic E-state index is 0.187. The van der Waals surface area contributed by atoms with Crippen LogP contribution < -0.4 is 9.47 Å². The predicted molar refractivity (Wildman–Crippen MR) is 72.8 cm³/mol. The van der Waals surface area contributed by atoms with Gasteiger partial charge in [0.15, 0.2) is 6.10 Å². The molecule has 0 aliphatic carbocycles. The van der Waals surface area contributed by atoms with Crippen LogP contribution in [0.3, 0.4) is 0 Å². The van der Waals surface area contributed by atoms with Crippen LogP contribution in [0.5, 0.6) is 11.5 Å². The minimum atomic E-state index is -0.524. The number of ether oxygens (including phenoxy) is 2. The van der Waals surface area contributed by atoms with Crippen LogP contribution in [0.1, 0.15) is 34.9 Å². The second-order valence-electron chi connectivity index (χ2n) is 4.59. The van der Waals surface area contributed by atoms with Crippen molar-refractivity contribution >= 4 is 11.3 Å². The maximum atomic E-state index is 10.2. The van der Waals surface area contributed by atoms with Crippen LogP contribution >= 0.6 is 11.3 Å². The summed E-state index contributed by atoms with van der Waals surface area (Å²) in [4.78, 5) is 4.44. The number of aryl methyl sites for hydroxylation is 1. The number of aliphatic hydroxyl groups excluding tert-OH is 1. The Morgan fingerprint density at radius 3 is 3.00 bits per heavy atom. The third-order valence-electron chi connectivity index (χ3n) is 3.20. The summed E-state index contributed by atoms with van der Waals surface area (Å²) in [6.45, 7) is 1.95. The molecule has 0 fully saturated rings. The van der Waals surface area contributed by atoms with Gasteiger partial charge in [-0.25, -0.2) is 4.98 Å². The molecule has 0 amide bonds. The average Bonchev–Trinajstić information content (AvgIpc) is 2.84. The third kappa shape index (κ3) is 2.31. The number of nitrogens with zero attached hydrogens (tertiary/aromatic N) is 1. The van der Waals surface area contributed by atoms with Crippen LogP contribution in [0.15, 0.2) is 23.6 Å². The molecule has 3 rings (SSSR count). The highest BCUT2D eigenvalue weighted by Gasteiger charge is 2.30. The van der Waals surface area contributed by atoms with Gasteiger partial charge in [0.25, 0.3) is 0 Å². The van der Waals surface area contributed by atoms with Gasteiger partial charge in [-0.1, -0.05) is 0 Å². The van der Waals surface area contributed by atoms with E-state index in [1.54, 1.807) is 18.4 Å². The second-order valence-corrected chi connectivity index (χ2v) is 5.48. The number of aromatic nitrogens is 1. The molecule has 100 valence electrons. The fraction of sp³-hybridized carbons (Fsp3) is 0.357. The summed E-state index contributed by atoms with van der Waals surface area (Å²) in [6.07, 6.45) is -0.177. The summed E-state index contributed by atoms with van der Waals surface area (Å²) in [6, 6.07) is 5.49. The van der Waals surface area contributed by atoms with Gasteiger partial charge in [0, 0.05) is 29.1 Å². The van der Waals surface area contributed by atoms with E-state index in [0.717, 1.165) is 22.0 Å². The van der Waals surface area contributed by atoms with E-state index in [1.807, 2.05) is 30.5 Å². The number of aliphatic hydroxyl groups is 1. The first-order chi connectivity index (χ1) is 9.17. The van der Waals surface area contributed by atoms with E-state index in [4.69, 9.17) is 9.47 Å². The molecule has 1 aromatic carbocycles. The average molecular weight is 277 g/mol. The molecule has 1 N–H and O–H groups in total. The monoisotopic (exact) mass is 277 g/mol. The van der Waals surface area contributed by atoms with E-state index < -0.39 is 6.10 Å². The molecule has 0 spiro atoms. The molecule has 19 heavy (non-hydrogen) atoms. The normalized spacial score (nSPS) is 21.6. The molecule has 1 aliphatic rings. The first-order valence-corrected chi connectivity index (χ1v) is 7.00. The molecule has 1 unspecified atom stereocenters. The first-order valence-electron chi connectivity index (χ1n) is 6.12. The second kappa shape index (κ2) is 4.83. The maximum absolute atomic E-state index is 10.2. The Hall–Kier alpha value is -1.59. The lowest BCUT2D eigenvalue weighted by molar-refractivity contribution is 0.0653. The van der Waals surface area contributed by atoms with Crippen molar-refractivity contribution in [2.45, 2.75) is 25.6 Å². The van der Waals surface area contributed by atoms with Crippen molar-refractivity contribution in [3.8, 4) is 11.5 Å². The van der Waals surface area contributed by atoms with Crippen molar-refractivity contribution in [1.29, 1.82) is 0 Å². The van der Waals surface area contributed by atoms with Gasteiger partial charge >= 0.3 is 0 Å². The highest BCUT2D eigenvalue weighted by atomic mass is 32.1. The number of rotatable bonds is 2. The van der Waals surface area contributed by atoms with Crippen molar-refractivity contribution in [3.63, 3.8) is 0 Å². The Morgan fingerprint density at radius 1 is 1.47 bits per heavy atom.